The fraction of sp³-hybridized carbons (Fsp3) is 0.200. The van der Waals surface area contributed by atoms with Gasteiger partial charge in [-0.05, 0) is 26.1 Å². The van der Waals surface area contributed by atoms with Crippen molar-refractivity contribution in [2.24, 2.45) is 15.2 Å². The van der Waals surface area contributed by atoms with Crippen LogP contribution in [0.25, 0.3) is 0 Å². The minimum absolute atomic E-state index is 0. The Morgan fingerprint density at radius 1 is 1.00 bits per heavy atom. The molecule has 0 atom stereocenters. The topological polar surface area (TPSA) is 101 Å². The Hall–Kier alpha value is -2.48. The van der Waals surface area contributed by atoms with Crippen LogP contribution in [-0.4, -0.2) is 43.0 Å². The first-order chi connectivity index (χ1) is 10.9. The molecule has 0 aromatic heterocycles. The summed E-state index contributed by atoms with van der Waals surface area (Å²) in [7, 11) is 6.00. The number of urea groups is 1. The zero-order chi connectivity index (χ0) is 17.5. The molecule has 0 bridgehead atoms. The fourth-order valence-corrected chi connectivity index (χ4v) is 0.937. The predicted octanol–water partition coefficient (Wildman–Crippen LogP) is 3.19. The maximum atomic E-state index is 10.0. The first kappa shape index (κ1) is 23.8. The number of azo groups is 1. The van der Waals surface area contributed by atoms with Crippen molar-refractivity contribution >= 4 is 12.0 Å². The molecule has 8 nitrogen and oxygen atoms in total. The molecule has 0 N–H and O–H groups in total. The molecule has 1 aliphatic rings. The van der Waals surface area contributed by atoms with E-state index in [1.165, 1.54) is 0 Å². The van der Waals surface area contributed by atoms with Gasteiger partial charge in [-0.1, -0.05) is 0 Å². The van der Waals surface area contributed by atoms with Gasteiger partial charge in [0.15, 0.2) is 0 Å². The maximum Gasteiger partial charge on any atom is 0.496 e. The summed E-state index contributed by atoms with van der Waals surface area (Å²) in [4.78, 5) is 23.7. The molecule has 136 valence electrons. The van der Waals surface area contributed by atoms with Crippen molar-refractivity contribution in [2.75, 3.05) is 21.1 Å². The van der Waals surface area contributed by atoms with Crippen molar-refractivity contribution in [3.8, 4) is 0 Å². The summed E-state index contributed by atoms with van der Waals surface area (Å²) in [6.07, 6.45) is 0. The third-order valence-corrected chi connectivity index (χ3v) is 1.70. The number of guanidine groups is 1. The third-order valence-electron chi connectivity index (χ3n) is 1.70. The average Bonchev–Trinajstić information content (AvgIpc) is 3.25. The van der Waals surface area contributed by atoms with E-state index in [0.29, 0.717) is 0 Å². The van der Waals surface area contributed by atoms with E-state index < -0.39 is 16.9 Å². The molecule has 2 aromatic rings. The van der Waals surface area contributed by atoms with E-state index in [1.807, 2.05) is 86.7 Å². The van der Waals surface area contributed by atoms with Crippen LogP contribution in [0.4, 0.5) is 4.79 Å². The number of rotatable bonds is 0. The van der Waals surface area contributed by atoms with Crippen LogP contribution in [0.1, 0.15) is 0 Å². The number of amides is 2. The van der Waals surface area contributed by atoms with Gasteiger partial charge in [-0.15, -0.1) is 0 Å². The van der Waals surface area contributed by atoms with Gasteiger partial charge in [-0.25, -0.2) is 16.9 Å². The molecule has 0 saturated carbocycles. The minimum atomic E-state index is -0.929. The number of hydrogen-bond acceptors (Lipinski definition) is 5. The number of nitro groups is 1. The molecule has 0 radical (unpaired) electrons. The SMILES string of the molecule is CN(C)C.O=C1N=NC([N+](=O)[O-])=N1.[Fe].[cH-]1[cH-][cH-][cH-][cH-]1.c1cc[cH-]c1. The second kappa shape index (κ2) is 15.4. The van der Waals surface area contributed by atoms with E-state index in [-0.39, 0.29) is 17.1 Å². The Morgan fingerprint density at radius 2 is 1.42 bits per heavy atom. The standard InChI is InChI=1S/2C5H5.C3H9N.C2N4O3.Fe/c2*1-2-4-5-3-1;1-4(2)3;7-2-3-1(4-5-2)6(8)9;/h2*1-5H;1-3H3;;/q-5;-1;;;. The maximum absolute atomic E-state index is 10.0. The largest absolute Gasteiger partial charge is 0.748 e. The van der Waals surface area contributed by atoms with Gasteiger partial charge in [-0.2, -0.15) is 18.2 Å². The molecule has 2 aromatic carbocycles. The Morgan fingerprint density at radius 3 is 1.58 bits per heavy atom. The van der Waals surface area contributed by atoms with Gasteiger partial charge in [0.25, 0.3) is 0 Å². The molecular formula is C15H19FeN5O3-6. The molecule has 9 heteroatoms. The van der Waals surface area contributed by atoms with Crippen LogP contribution in [0, 0.1) is 10.1 Å². The molecule has 0 fully saturated rings. The zero-order valence-electron chi connectivity index (χ0n) is 13.6. The van der Waals surface area contributed by atoms with Crippen molar-refractivity contribution in [3.05, 3.63) is 70.8 Å². The van der Waals surface area contributed by atoms with Crippen LogP contribution in [0.15, 0.2) is 75.9 Å². The van der Waals surface area contributed by atoms with Crippen molar-refractivity contribution in [1.29, 1.82) is 0 Å². The number of nitrogens with zero attached hydrogens (tertiary/aromatic N) is 5. The molecule has 24 heavy (non-hydrogen) atoms. The van der Waals surface area contributed by atoms with E-state index in [4.69, 9.17) is 0 Å². The van der Waals surface area contributed by atoms with Gasteiger partial charge in [0.1, 0.15) is 0 Å². The smallest absolute Gasteiger partial charge is 0.496 e. The van der Waals surface area contributed by atoms with Crippen molar-refractivity contribution in [3.63, 3.8) is 0 Å². The van der Waals surface area contributed by atoms with Crippen LogP contribution >= 0.6 is 0 Å². The second-order valence-electron chi connectivity index (χ2n) is 4.42. The number of carbonyl (C=O) groups excluding carboxylic acids is 1. The molecule has 3 rings (SSSR count). The third kappa shape index (κ3) is 15.9. The first-order valence-electron chi connectivity index (χ1n) is 6.56. The summed E-state index contributed by atoms with van der Waals surface area (Å²) in [6.45, 7) is 0. The van der Waals surface area contributed by atoms with Crippen LogP contribution in [0.2, 0.25) is 0 Å². The summed E-state index contributed by atoms with van der Waals surface area (Å²) in [6, 6.07) is 19.1. The first-order valence-corrected chi connectivity index (χ1v) is 6.56. The van der Waals surface area contributed by atoms with Gasteiger partial charge in [0.2, 0.25) is 0 Å². The zero-order valence-corrected chi connectivity index (χ0v) is 14.7. The Labute approximate surface area is 151 Å². The average molecular weight is 373 g/mol. The molecule has 0 aliphatic carbocycles. The second-order valence-corrected chi connectivity index (χ2v) is 4.42. The van der Waals surface area contributed by atoms with E-state index in [9.17, 15) is 14.9 Å². The van der Waals surface area contributed by atoms with E-state index in [2.05, 4.69) is 15.2 Å². The molecule has 2 amide bonds. The molecule has 0 spiro atoms. The van der Waals surface area contributed by atoms with Gasteiger partial charge in [-0.3, -0.25) is 0 Å². The van der Waals surface area contributed by atoms with Crippen LogP contribution in [0.3, 0.4) is 0 Å². The Kier molecular flexibility index (Phi) is 15.3. The number of carbonyl (C=O) groups is 1. The summed E-state index contributed by atoms with van der Waals surface area (Å²) in [5.41, 5.74) is 0. The summed E-state index contributed by atoms with van der Waals surface area (Å²) in [5, 5.41) is 15.3. The van der Waals surface area contributed by atoms with Gasteiger partial charge in [0.05, 0.1) is 5.11 Å². The number of hydrogen-bond donors (Lipinski definition) is 0. The van der Waals surface area contributed by atoms with Crippen LogP contribution in [0.5, 0.6) is 0 Å². The fourth-order valence-electron chi connectivity index (χ4n) is 0.937. The predicted molar refractivity (Wildman–Crippen MR) is 88.4 cm³/mol. The Balaban J connectivity index is 0. The number of aliphatic imine (C=N–C) groups is 1. The monoisotopic (exact) mass is 373 g/mol. The van der Waals surface area contributed by atoms with Crippen LogP contribution in [-0.2, 0) is 17.1 Å². The quantitative estimate of drug-likeness (QED) is 0.306. The van der Waals surface area contributed by atoms with Crippen molar-refractivity contribution in [1.82, 2.24) is 4.90 Å². The Bertz CT molecular complexity index is 529. The normalized spacial score (nSPS) is 10.8. The molecule has 0 unspecified atom stereocenters. The minimum Gasteiger partial charge on any atom is -0.748 e. The van der Waals surface area contributed by atoms with Gasteiger partial charge < -0.3 is 45.3 Å². The summed E-state index contributed by atoms with van der Waals surface area (Å²) in [5.74, 6) is -0.750. The van der Waals surface area contributed by atoms with E-state index in [0.717, 1.165) is 0 Å². The molecular weight excluding hydrogens is 354 g/mol. The van der Waals surface area contributed by atoms with Crippen molar-refractivity contribution < 1.29 is 26.8 Å². The molecule has 1 heterocycles. The van der Waals surface area contributed by atoms with Crippen LogP contribution < -0.4 is 0 Å². The molecule has 0 saturated heterocycles. The summed E-state index contributed by atoms with van der Waals surface area (Å²) < 4.78 is 0. The molecule has 1 aliphatic heterocycles. The van der Waals surface area contributed by atoms with Gasteiger partial charge in [0, 0.05) is 27.2 Å². The van der Waals surface area contributed by atoms with E-state index in [1.54, 1.807) is 0 Å². The van der Waals surface area contributed by atoms with Crippen molar-refractivity contribution in [2.45, 2.75) is 0 Å². The van der Waals surface area contributed by atoms with E-state index >= 15 is 0 Å². The summed E-state index contributed by atoms with van der Waals surface area (Å²) >= 11 is 0. The van der Waals surface area contributed by atoms with Gasteiger partial charge >= 0.3 is 12.0 Å².